The number of para-hydroxylation sites is 1. The lowest BCUT2D eigenvalue weighted by atomic mass is 10.1. The summed E-state index contributed by atoms with van der Waals surface area (Å²) in [5, 5.41) is 0.492. The molecule has 0 radical (unpaired) electrons. The molecule has 0 N–H and O–H groups in total. The molecular weight excluding hydrogens is 330 g/mol. The molecule has 0 unspecified atom stereocenters. The maximum atomic E-state index is 12.1. The number of hydrogen-bond acceptors (Lipinski definition) is 5. The zero-order chi connectivity index (χ0) is 17.1. The molecule has 0 aromatic heterocycles. The average Bonchev–Trinajstić information content (AvgIpc) is 2.96. The quantitative estimate of drug-likeness (QED) is 0.627. The van der Waals surface area contributed by atoms with E-state index >= 15 is 0 Å². The molecular formula is C18H14ClNO4. The number of rotatable bonds is 4. The minimum atomic E-state index is -0.544. The van der Waals surface area contributed by atoms with Gasteiger partial charge in [0.15, 0.2) is 5.70 Å². The number of cyclic esters (lactones) is 1. The van der Waals surface area contributed by atoms with Gasteiger partial charge in [-0.2, -0.15) is 0 Å². The number of carbonyl (C=O) groups is 1. The molecule has 122 valence electrons. The van der Waals surface area contributed by atoms with Gasteiger partial charge in [-0.15, -0.1) is 0 Å². The predicted octanol–water partition coefficient (Wildman–Crippen LogP) is 3.70. The zero-order valence-electron chi connectivity index (χ0n) is 13.1. The van der Waals surface area contributed by atoms with Gasteiger partial charge >= 0.3 is 5.97 Å². The topological polar surface area (TPSA) is 57.1 Å². The van der Waals surface area contributed by atoms with Crippen molar-refractivity contribution in [1.82, 2.24) is 0 Å². The molecule has 6 heteroatoms. The van der Waals surface area contributed by atoms with Crippen LogP contribution in [-0.4, -0.2) is 26.1 Å². The first-order chi connectivity index (χ1) is 11.6. The van der Waals surface area contributed by atoms with Gasteiger partial charge in [0, 0.05) is 10.6 Å². The fourth-order valence-corrected chi connectivity index (χ4v) is 2.48. The number of hydrogen-bond donors (Lipinski definition) is 0. The maximum absolute atomic E-state index is 12.1. The van der Waals surface area contributed by atoms with Crippen LogP contribution in [0.5, 0.6) is 11.5 Å². The smallest absolute Gasteiger partial charge is 0.363 e. The first-order valence-electron chi connectivity index (χ1n) is 7.12. The number of nitrogens with zero attached hydrogens (tertiary/aromatic N) is 1. The second-order valence-electron chi connectivity index (χ2n) is 4.92. The van der Waals surface area contributed by atoms with E-state index in [2.05, 4.69) is 4.99 Å². The lowest BCUT2D eigenvalue weighted by Gasteiger charge is -2.07. The summed E-state index contributed by atoms with van der Waals surface area (Å²) in [6.07, 6.45) is 1.62. The van der Waals surface area contributed by atoms with Gasteiger partial charge in [-0.05, 0) is 30.3 Å². The van der Waals surface area contributed by atoms with Gasteiger partial charge in [-0.1, -0.05) is 29.8 Å². The van der Waals surface area contributed by atoms with Gasteiger partial charge in [0.25, 0.3) is 0 Å². The van der Waals surface area contributed by atoms with Crippen LogP contribution < -0.4 is 9.47 Å². The second kappa shape index (κ2) is 6.76. The standard InChI is InChI=1S/C18H14ClNO4/c1-22-15-6-4-3-5-11(15)9-14-18(21)24-17(20-14)13-10-12(19)7-8-16(13)23-2/h3-10H,1-2H3/b14-9-. The summed E-state index contributed by atoms with van der Waals surface area (Å²) in [6, 6.07) is 12.3. The largest absolute Gasteiger partial charge is 0.496 e. The van der Waals surface area contributed by atoms with Crippen molar-refractivity contribution in [2.45, 2.75) is 0 Å². The molecule has 5 nitrogen and oxygen atoms in total. The Hall–Kier alpha value is -2.79. The molecule has 2 aromatic carbocycles. The zero-order valence-corrected chi connectivity index (χ0v) is 13.8. The Morgan fingerprint density at radius 1 is 1.08 bits per heavy atom. The summed E-state index contributed by atoms with van der Waals surface area (Å²) >= 11 is 6.01. The molecule has 24 heavy (non-hydrogen) atoms. The van der Waals surface area contributed by atoms with E-state index in [0.717, 1.165) is 5.56 Å². The molecule has 0 amide bonds. The predicted molar refractivity (Wildman–Crippen MR) is 91.6 cm³/mol. The van der Waals surface area contributed by atoms with Crippen molar-refractivity contribution in [2.24, 2.45) is 4.99 Å². The molecule has 0 aliphatic carbocycles. The van der Waals surface area contributed by atoms with Crippen LogP contribution in [0.2, 0.25) is 5.02 Å². The van der Waals surface area contributed by atoms with E-state index in [4.69, 9.17) is 25.8 Å². The number of ether oxygens (including phenoxy) is 3. The number of aliphatic imine (C=N–C) groups is 1. The van der Waals surface area contributed by atoms with E-state index in [9.17, 15) is 4.79 Å². The molecule has 0 spiro atoms. The Balaban J connectivity index is 2.02. The van der Waals surface area contributed by atoms with Gasteiger partial charge in [-0.25, -0.2) is 9.79 Å². The van der Waals surface area contributed by atoms with Crippen LogP contribution in [0.25, 0.3) is 6.08 Å². The molecule has 0 saturated carbocycles. The van der Waals surface area contributed by atoms with Crippen LogP contribution in [-0.2, 0) is 9.53 Å². The van der Waals surface area contributed by atoms with E-state index in [1.807, 2.05) is 18.2 Å². The Morgan fingerprint density at radius 3 is 2.58 bits per heavy atom. The van der Waals surface area contributed by atoms with Crippen LogP contribution in [0.4, 0.5) is 0 Å². The van der Waals surface area contributed by atoms with Gasteiger partial charge in [0.05, 0.1) is 19.8 Å². The highest BCUT2D eigenvalue weighted by Crippen LogP contribution is 2.29. The number of carbonyl (C=O) groups excluding carboxylic acids is 1. The summed E-state index contributed by atoms with van der Waals surface area (Å²) in [7, 11) is 3.09. The maximum Gasteiger partial charge on any atom is 0.363 e. The number of methoxy groups -OCH3 is 2. The number of halogens is 1. The third-order valence-corrected chi connectivity index (χ3v) is 3.68. The van der Waals surface area contributed by atoms with Crippen molar-refractivity contribution in [3.05, 3.63) is 64.3 Å². The number of benzene rings is 2. The molecule has 1 heterocycles. The summed E-state index contributed by atoms with van der Waals surface area (Å²) in [5.41, 5.74) is 1.42. The fraction of sp³-hybridized carbons (Fsp3) is 0.111. The van der Waals surface area contributed by atoms with Crippen molar-refractivity contribution < 1.29 is 19.0 Å². The minimum absolute atomic E-state index is 0.153. The molecule has 3 rings (SSSR count). The minimum Gasteiger partial charge on any atom is -0.496 e. The van der Waals surface area contributed by atoms with Crippen molar-refractivity contribution in [1.29, 1.82) is 0 Å². The highest BCUT2D eigenvalue weighted by atomic mass is 35.5. The summed E-state index contributed by atoms with van der Waals surface area (Å²) in [5.74, 6) is 0.768. The second-order valence-corrected chi connectivity index (χ2v) is 5.36. The van der Waals surface area contributed by atoms with Crippen molar-refractivity contribution >= 4 is 29.5 Å². The van der Waals surface area contributed by atoms with E-state index in [0.29, 0.717) is 22.1 Å². The summed E-state index contributed by atoms with van der Waals surface area (Å²) < 4.78 is 15.8. The van der Waals surface area contributed by atoms with E-state index in [-0.39, 0.29) is 11.6 Å². The Morgan fingerprint density at radius 2 is 1.83 bits per heavy atom. The van der Waals surface area contributed by atoms with Crippen LogP contribution in [0.3, 0.4) is 0 Å². The van der Waals surface area contributed by atoms with Crippen molar-refractivity contribution in [2.75, 3.05) is 14.2 Å². The normalized spacial score (nSPS) is 15.2. The first-order valence-corrected chi connectivity index (χ1v) is 7.49. The molecule has 0 fully saturated rings. The van der Waals surface area contributed by atoms with Crippen molar-refractivity contribution in [3.63, 3.8) is 0 Å². The van der Waals surface area contributed by atoms with Gasteiger partial charge in [0.1, 0.15) is 11.5 Å². The average molecular weight is 344 g/mol. The van der Waals surface area contributed by atoms with Gasteiger partial charge < -0.3 is 14.2 Å². The Kier molecular flexibility index (Phi) is 4.53. The summed E-state index contributed by atoms with van der Waals surface area (Å²) in [6.45, 7) is 0. The third kappa shape index (κ3) is 3.12. The molecule has 0 bridgehead atoms. The SMILES string of the molecule is COc1ccccc1/C=C1\N=C(c2cc(Cl)ccc2OC)OC1=O. The molecule has 1 aliphatic rings. The van der Waals surface area contributed by atoms with Crippen LogP contribution >= 0.6 is 11.6 Å². The highest BCUT2D eigenvalue weighted by molar-refractivity contribution is 6.31. The van der Waals surface area contributed by atoms with E-state index < -0.39 is 5.97 Å². The van der Waals surface area contributed by atoms with Crippen molar-refractivity contribution in [3.8, 4) is 11.5 Å². The fourth-order valence-electron chi connectivity index (χ4n) is 2.30. The molecule has 0 saturated heterocycles. The van der Waals surface area contributed by atoms with Crippen LogP contribution in [0.1, 0.15) is 11.1 Å². The lowest BCUT2D eigenvalue weighted by Crippen LogP contribution is -2.07. The molecule has 2 aromatic rings. The van der Waals surface area contributed by atoms with Crippen LogP contribution in [0, 0.1) is 0 Å². The molecule has 1 aliphatic heterocycles. The molecule has 0 atom stereocenters. The van der Waals surface area contributed by atoms with E-state index in [1.165, 1.54) is 7.11 Å². The lowest BCUT2D eigenvalue weighted by molar-refractivity contribution is -0.129. The van der Waals surface area contributed by atoms with Crippen LogP contribution in [0.15, 0.2) is 53.2 Å². The monoisotopic (exact) mass is 343 g/mol. The number of esters is 1. The van der Waals surface area contributed by atoms with Gasteiger partial charge in [-0.3, -0.25) is 0 Å². The highest BCUT2D eigenvalue weighted by Gasteiger charge is 2.26. The Bertz CT molecular complexity index is 858. The van der Waals surface area contributed by atoms with Gasteiger partial charge in [0.2, 0.25) is 5.90 Å². The summed E-state index contributed by atoms with van der Waals surface area (Å²) in [4.78, 5) is 16.4. The first kappa shape index (κ1) is 16.1. The third-order valence-electron chi connectivity index (χ3n) is 3.44. The van der Waals surface area contributed by atoms with E-state index in [1.54, 1.807) is 37.5 Å². The Labute approximate surface area is 144 Å².